The predicted octanol–water partition coefficient (Wildman–Crippen LogP) is 3.55. The number of benzene rings is 1. The molecule has 0 heterocycles. The van der Waals surface area contributed by atoms with E-state index in [9.17, 15) is 0 Å². The third kappa shape index (κ3) is 6.60. The Morgan fingerprint density at radius 2 is 1.74 bits per heavy atom. The summed E-state index contributed by atoms with van der Waals surface area (Å²) < 4.78 is 11.0. The zero-order valence-electron chi connectivity index (χ0n) is 12.4. The zero-order valence-corrected chi connectivity index (χ0v) is 12.4. The molecule has 0 fully saturated rings. The van der Waals surface area contributed by atoms with Gasteiger partial charge in [0.1, 0.15) is 12.4 Å². The summed E-state index contributed by atoms with van der Waals surface area (Å²) in [5, 5.41) is 3.47. The fraction of sp³-hybridized carbons (Fsp3) is 0.625. The fourth-order valence-electron chi connectivity index (χ4n) is 1.80. The smallest absolute Gasteiger partial charge is 0.119 e. The highest BCUT2D eigenvalue weighted by atomic mass is 16.5. The van der Waals surface area contributed by atoms with Crippen molar-refractivity contribution in [3.8, 4) is 5.75 Å². The Kier molecular flexibility index (Phi) is 8.26. The molecule has 1 unspecified atom stereocenters. The molecule has 0 aromatic heterocycles. The molecule has 1 aromatic carbocycles. The standard InChI is InChI=1S/C16H27NO2/c1-4-10-17-14(3)15-6-8-16(9-7-15)19-13-12-18-11-5-2/h6-9,14,17H,4-5,10-13H2,1-3H3. The third-order valence-corrected chi connectivity index (χ3v) is 2.93. The van der Waals surface area contributed by atoms with E-state index in [0.29, 0.717) is 19.3 Å². The Morgan fingerprint density at radius 1 is 1.00 bits per heavy atom. The van der Waals surface area contributed by atoms with E-state index < -0.39 is 0 Å². The second-order valence-corrected chi connectivity index (χ2v) is 4.71. The lowest BCUT2D eigenvalue weighted by molar-refractivity contribution is 0.101. The van der Waals surface area contributed by atoms with Crippen LogP contribution in [0.4, 0.5) is 0 Å². The van der Waals surface area contributed by atoms with Gasteiger partial charge in [0.2, 0.25) is 0 Å². The Hall–Kier alpha value is -1.06. The maximum Gasteiger partial charge on any atom is 0.119 e. The van der Waals surface area contributed by atoms with Crippen LogP contribution in [0.2, 0.25) is 0 Å². The second kappa shape index (κ2) is 9.82. The van der Waals surface area contributed by atoms with Gasteiger partial charge in [0.25, 0.3) is 0 Å². The molecular weight excluding hydrogens is 238 g/mol. The van der Waals surface area contributed by atoms with E-state index in [1.807, 2.05) is 12.1 Å². The maximum atomic E-state index is 5.62. The first-order valence-corrected chi connectivity index (χ1v) is 7.31. The molecule has 0 amide bonds. The van der Waals surface area contributed by atoms with Crippen LogP contribution in [0.25, 0.3) is 0 Å². The Morgan fingerprint density at radius 3 is 2.37 bits per heavy atom. The van der Waals surface area contributed by atoms with Crippen molar-refractivity contribution in [3.63, 3.8) is 0 Å². The number of hydrogen-bond acceptors (Lipinski definition) is 3. The second-order valence-electron chi connectivity index (χ2n) is 4.71. The summed E-state index contributed by atoms with van der Waals surface area (Å²) in [6.07, 6.45) is 2.21. The minimum absolute atomic E-state index is 0.391. The lowest BCUT2D eigenvalue weighted by atomic mass is 10.1. The van der Waals surface area contributed by atoms with Crippen molar-refractivity contribution in [3.05, 3.63) is 29.8 Å². The van der Waals surface area contributed by atoms with E-state index in [4.69, 9.17) is 9.47 Å². The monoisotopic (exact) mass is 265 g/mol. The van der Waals surface area contributed by atoms with E-state index in [1.165, 1.54) is 5.56 Å². The van der Waals surface area contributed by atoms with Gasteiger partial charge in [-0.25, -0.2) is 0 Å². The molecule has 0 aliphatic carbocycles. The van der Waals surface area contributed by atoms with Gasteiger partial charge in [-0.3, -0.25) is 0 Å². The summed E-state index contributed by atoms with van der Waals surface area (Å²) in [6, 6.07) is 8.69. The van der Waals surface area contributed by atoms with Crippen LogP contribution in [0.3, 0.4) is 0 Å². The molecule has 1 atom stereocenters. The fourth-order valence-corrected chi connectivity index (χ4v) is 1.80. The van der Waals surface area contributed by atoms with Crippen LogP contribution in [0.5, 0.6) is 5.75 Å². The molecule has 0 aliphatic heterocycles. The molecule has 0 radical (unpaired) electrons. The summed E-state index contributed by atoms with van der Waals surface area (Å²) in [5.74, 6) is 0.909. The molecule has 0 bridgehead atoms. The summed E-state index contributed by atoms with van der Waals surface area (Å²) >= 11 is 0. The van der Waals surface area contributed by atoms with Crippen LogP contribution in [0.15, 0.2) is 24.3 Å². The van der Waals surface area contributed by atoms with Gasteiger partial charge in [0.05, 0.1) is 6.61 Å². The van der Waals surface area contributed by atoms with Gasteiger partial charge in [-0.15, -0.1) is 0 Å². The van der Waals surface area contributed by atoms with Crippen LogP contribution in [-0.4, -0.2) is 26.4 Å². The maximum absolute atomic E-state index is 5.62. The summed E-state index contributed by atoms with van der Waals surface area (Å²) in [4.78, 5) is 0. The Balaban J connectivity index is 2.30. The highest BCUT2D eigenvalue weighted by Crippen LogP contribution is 2.17. The quantitative estimate of drug-likeness (QED) is 0.656. The first-order valence-electron chi connectivity index (χ1n) is 7.31. The van der Waals surface area contributed by atoms with Crippen molar-refractivity contribution in [1.29, 1.82) is 0 Å². The van der Waals surface area contributed by atoms with E-state index >= 15 is 0 Å². The van der Waals surface area contributed by atoms with Crippen LogP contribution in [-0.2, 0) is 4.74 Å². The minimum Gasteiger partial charge on any atom is -0.491 e. The summed E-state index contributed by atoms with van der Waals surface area (Å²) in [7, 11) is 0. The highest BCUT2D eigenvalue weighted by molar-refractivity contribution is 5.28. The largest absolute Gasteiger partial charge is 0.491 e. The third-order valence-electron chi connectivity index (χ3n) is 2.93. The number of nitrogens with one attached hydrogen (secondary N) is 1. The molecule has 1 rings (SSSR count). The van der Waals surface area contributed by atoms with Gasteiger partial charge in [0.15, 0.2) is 0 Å². The minimum atomic E-state index is 0.391. The van der Waals surface area contributed by atoms with Gasteiger partial charge in [-0.2, -0.15) is 0 Å². The number of ether oxygens (including phenoxy) is 2. The van der Waals surface area contributed by atoms with Crippen LogP contribution >= 0.6 is 0 Å². The van der Waals surface area contributed by atoms with Gasteiger partial charge in [0, 0.05) is 12.6 Å². The average molecular weight is 265 g/mol. The predicted molar refractivity (Wildman–Crippen MR) is 79.8 cm³/mol. The van der Waals surface area contributed by atoms with Crippen molar-refractivity contribution in [1.82, 2.24) is 5.32 Å². The molecule has 19 heavy (non-hydrogen) atoms. The molecule has 0 saturated heterocycles. The van der Waals surface area contributed by atoms with Gasteiger partial charge in [-0.1, -0.05) is 26.0 Å². The molecule has 1 aromatic rings. The van der Waals surface area contributed by atoms with Gasteiger partial charge in [-0.05, 0) is 44.0 Å². The van der Waals surface area contributed by atoms with Crippen molar-refractivity contribution in [2.24, 2.45) is 0 Å². The van der Waals surface area contributed by atoms with Crippen molar-refractivity contribution in [2.75, 3.05) is 26.4 Å². The van der Waals surface area contributed by atoms with E-state index in [1.54, 1.807) is 0 Å². The van der Waals surface area contributed by atoms with Gasteiger partial charge < -0.3 is 14.8 Å². The average Bonchev–Trinajstić information content (AvgIpc) is 2.45. The van der Waals surface area contributed by atoms with E-state index in [2.05, 4.69) is 38.2 Å². The number of hydrogen-bond donors (Lipinski definition) is 1. The summed E-state index contributed by atoms with van der Waals surface area (Å²) in [6.45, 7) is 9.60. The Labute approximate surface area is 117 Å². The van der Waals surface area contributed by atoms with Crippen molar-refractivity contribution >= 4 is 0 Å². The molecular formula is C16H27NO2. The zero-order chi connectivity index (χ0) is 13.9. The number of rotatable bonds is 10. The molecule has 3 nitrogen and oxygen atoms in total. The molecule has 0 saturated carbocycles. The van der Waals surface area contributed by atoms with Crippen LogP contribution in [0.1, 0.15) is 45.2 Å². The van der Waals surface area contributed by atoms with E-state index in [0.717, 1.165) is 31.7 Å². The van der Waals surface area contributed by atoms with Crippen molar-refractivity contribution in [2.45, 2.75) is 39.7 Å². The van der Waals surface area contributed by atoms with E-state index in [-0.39, 0.29) is 0 Å². The van der Waals surface area contributed by atoms with Crippen molar-refractivity contribution < 1.29 is 9.47 Å². The molecule has 1 N–H and O–H groups in total. The molecule has 3 heteroatoms. The first kappa shape index (κ1) is 16.0. The molecule has 0 aliphatic rings. The normalized spacial score (nSPS) is 12.4. The molecule has 0 spiro atoms. The van der Waals surface area contributed by atoms with Crippen LogP contribution in [0, 0.1) is 0 Å². The molecule has 108 valence electrons. The summed E-state index contributed by atoms with van der Waals surface area (Å²) in [5.41, 5.74) is 1.29. The SMILES string of the molecule is CCCNC(C)c1ccc(OCCOCCC)cc1. The first-order chi connectivity index (χ1) is 9.27. The van der Waals surface area contributed by atoms with Crippen LogP contribution < -0.4 is 10.1 Å². The topological polar surface area (TPSA) is 30.5 Å². The Bertz CT molecular complexity index is 324. The van der Waals surface area contributed by atoms with Gasteiger partial charge >= 0.3 is 0 Å². The lowest BCUT2D eigenvalue weighted by Gasteiger charge is -2.14. The highest BCUT2D eigenvalue weighted by Gasteiger charge is 2.03. The lowest BCUT2D eigenvalue weighted by Crippen LogP contribution is -2.19.